The van der Waals surface area contributed by atoms with Crippen LogP contribution in [0.3, 0.4) is 0 Å². The molecule has 1 saturated carbocycles. The lowest BCUT2D eigenvalue weighted by Crippen LogP contribution is -2.39. The second-order valence-electron chi connectivity index (χ2n) is 7.75. The SMILES string of the molecule is O=C(O)NC1CCC(Nc2nccc(-c3ccncc3Oc3ccc([N+](=O)[O-])cc3F)n2)CC1. The van der Waals surface area contributed by atoms with Gasteiger partial charge in [-0.2, -0.15) is 0 Å². The number of nitrogens with one attached hydrogen (secondary N) is 2. The van der Waals surface area contributed by atoms with E-state index in [0.717, 1.165) is 25.0 Å². The number of hydrogen-bond donors (Lipinski definition) is 3. The maximum atomic E-state index is 14.3. The van der Waals surface area contributed by atoms with Gasteiger partial charge in [0, 0.05) is 36.1 Å². The van der Waals surface area contributed by atoms with E-state index in [1.165, 1.54) is 12.3 Å². The summed E-state index contributed by atoms with van der Waals surface area (Å²) in [6.45, 7) is 0. The lowest BCUT2D eigenvalue weighted by molar-refractivity contribution is -0.385. The molecule has 12 heteroatoms. The summed E-state index contributed by atoms with van der Waals surface area (Å²) in [5.41, 5.74) is 0.668. The molecule has 0 radical (unpaired) electrons. The molecule has 0 saturated heterocycles. The summed E-state index contributed by atoms with van der Waals surface area (Å²) < 4.78 is 20.0. The normalized spacial score (nSPS) is 17.6. The van der Waals surface area contributed by atoms with Crippen LogP contribution in [-0.4, -0.2) is 43.2 Å². The number of benzene rings is 1. The van der Waals surface area contributed by atoms with Gasteiger partial charge in [0.15, 0.2) is 17.3 Å². The van der Waals surface area contributed by atoms with Gasteiger partial charge < -0.3 is 20.5 Å². The van der Waals surface area contributed by atoms with Crippen molar-refractivity contribution in [3.8, 4) is 22.8 Å². The standard InChI is InChI=1S/C22H21FN6O5/c23-17-11-15(29(32)33)5-6-19(17)34-20-12-24-9-7-16(20)18-8-10-25-21(28-18)26-13-1-3-14(4-2-13)27-22(30)31/h5-14,27H,1-4H2,(H,30,31)(H,25,26,28). The Kier molecular flexibility index (Phi) is 6.76. The minimum absolute atomic E-state index is 0.0563. The smallest absolute Gasteiger partial charge is 0.404 e. The second-order valence-corrected chi connectivity index (χ2v) is 7.75. The number of halogens is 1. The maximum Gasteiger partial charge on any atom is 0.404 e. The molecule has 1 amide bonds. The fraction of sp³-hybridized carbons (Fsp3) is 0.273. The highest BCUT2D eigenvalue weighted by Crippen LogP contribution is 2.34. The van der Waals surface area contributed by atoms with Gasteiger partial charge in [-0.25, -0.2) is 19.2 Å². The number of ether oxygens (including phenoxy) is 1. The molecule has 1 aliphatic rings. The van der Waals surface area contributed by atoms with E-state index in [9.17, 15) is 19.3 Å². The molecule has 176 valence electrons. The van der Waals surface area contributed by atoms with E-state index in [4.69, 9.17) is 9.84 Å². The van der Waals surface area contributed by atoms with Crippen LogP contribution in [0.2, 0.25) is 0 Å². The summed E-state index contributed by atoms with van der Waals surface area (Å²) >= 11 is 0. The first-order valence-electron chi connectivity index (χ1n) is 10.5. The number of nitro benzene ring substituents is 1. The zero-order valence-corrected chi connectivity index (χ0v) is 17.8. The Morgan fingerprint density at radius 1 is 1.12 bits per heavy atom. The number of aromatic nitrogens is 3. The van der Waals surface area contributed by atoms with E-state index in [2.05, 4.69) is 25.6 Å². The minimum atomic E-state index is -1.02. The van der Waals surface area contributed by atoms with Crippen molar-refractivity contribution in [1.82, 2.24) is 20.3 Å². The predicted molar refractivity (Wildman–Crippen MR) is 119 cm³/mol. The summed E-state index contributed by atoms with van der Waals surface area (Å²) in [5, 5.41) is 25.5. The molecule has 3 aromatic rings. The first-order chi connectivity index (χ1) is 16.4. The highest BCUT2D eigenvalue weighted by Gasteiger charge is 2.23. The third-order valence-electron chi connectivity index (χ3n) is 5.45. The van der Waals surface area contributed by atoms with Crippen molar-refractivity contribution in [2.24, 2.45) is 0 Å². The molecule has 34 heavy (non-hydrogen) atoms. The van der Waals surface area contributed by atoms with E-state index >= 15 is 0 Å². The monoisotopic (exact) mass is 468 g/mol. The number of carboxylic acid groups (broad SMARTS) is 1. The summed E-state index contributed by atoms with van der Waals surface area (Å²) in [5.74, 6) is -0.433. The van der Waals surface area contributed by atoms with Crippen LogP contribution < -0.4 is 15.4 Å². The fourth-order valence-electron chi connectivity index (χ4n) is 3.79. The lowest BCUT2D eigenvalue weighted by atomic mass is 9.91. The Morgan fingerprint density at radius 2 is 1.88 bits per heavy atom. The Bertz CT molecular complexity index is 1200. The summed E-state index contributed by atoms with van der Waals surface area (Å²) in [7, 11) is 0. The number of pyridine rings is 1. The average molecular weight is 468 g/mol. The summed E-state index contributed by atoms with van der Waals surface area (Å²) in [6.07, 6.45) is 6.47. The number of non-ortho nitro benzene ring substituents is 1. The minimum Gasteiger partial charge on any atom is -0.465 e. The zero-order valence-electron chi connectivity index (χ0n) is 17.8. The molecule has 4 rings (SSSR count). The van der Waals surface area contributed by atoms with Gasteiger partial charge in [0.2, 0.25) is 5.95 Å². The van der Waals surface area contributed by atoms with Crippen LogP contribution in [-0.2, 0) is 0 Å². The number of hydrogen-bond acceptors (Lipinski definition) is 8. The molecule has 0 aliphatic heterocycles. The molecule has 1 fully saturated rings. The zero-order chi connectivity index (χ0) is 24.1. The maximum absolute atomic E-state index is 14.3. The van der Waals surface area contributed by atoms with Crippen molar-refractivity contribution in [2.75, 3.05) is 5.32 Å². The van der Waals surface area contributed by atoms with Gasteiger partial charge in [0.1, 0.15) is 0 Å². The van der Waals surface area contributed by atoms with Crippen molar-refractivity contribution in [2.45, 2.75) is 37.8 Å². The van der Waals surface area contributed by atoms with Gasteiger partial charge >= 0.3 is 6.09 Å². The molecule has 0 unspecified atom stereocenters. The van der Waals surface area contributed by atoms with Gasteiger partial charge in [-0.05, 0) is 43.9 Å². The quantitative estimate of drug-likeness (QED) is 0.339. The molecule has 11 nitrogen and oxygen atoms in total. The second kappa shape index (κ2) is 10.1. The third kappa shape index (κ3) is 5.52. The van der Waals surface area contributed by atoms with Crippen LogP contribution in [0.4, 0.5) is 20.8 Å². The summed E-state index contributed by atoms with van der Waals surface area (Å²) in [4.78, 5) is 33.8. The van der Waals surface area contributed by atoms with Gasteiger partial charge in [-0.1, -0.05) is 0 Å². The molecule has 2 heterocycles. The van der Waals surface area contributed by atoms with E-state index in [0.29, 0.717) is 30.0 Å². The van der Waals surface area contributed by atoms with Gasteiger partial charge in [0.25, 0.3) is 5.69 Å². The Morgan fingerprint density at radius 3 is 2.59 bits per heavy atom. The third-order valence-corrected chi connectivity index (χ3v) is 5.45. The number of carbonyl (C=O) groups is 1. The van der Waals surface area contributed by atoms with Crippen molar-refractivity contribution in [3.63, 3.8) is 0 Å². The fourth-order valence-corrected chi connectivity index (χ4v) is 3.79. The lowest BCUT2D eigenvalue weighted by Gasteiger charge is -2.28. The van der Waals surface area contributed by atoms with Crippen LogP contribution in [0.15, 0.2) is 48.9 Å². The molecule has 0 spiro atoms. The Labute approximate surface area is 193 Å². The molecule has 2 aromatic heterocycles. The number of rotatable bonds is 7. The number of anilines is 1. The Hall–Kier alpha value is -4.35. The van der Waals surface area contributed by atoms with Crippen molar-refractivity contribution in [1.29, 1.82) is 0 Å². The number of nitrogens with zero attached hydrogens (tertiary/aromatic N) is 4. The highest BCUT2D eigenvalue weighted by atomic mass is 19.1. The molecule has 1 aliphatic carbocycles. The highest BCUT2D eigenvalue weighted by molar-refractivity contribution is 5.67. The van der Waals surface area contributed by atoms with Crippen LogP contribution in [0.5, 0.6) is 11.5 Å². The van der Waals surface area contributed by atoms with Gasteiger partial charge in [0.05, 0.1) is 22.9 Å². The first kappa shape index (κ1) is 22.8. The van der Waals surface area contributed by atoms with E-state index < -0.39 is 16.8 Å². The van der Waals surface area contributed by atoms with E-state index in [-0.39, 0.29) is 29.3 Å². The van der Waals surface area contributed by atoms with Gasteiger partial charge in [-0.15, -0.1) is 0 Å². The molecule has 3 N–H and O–H groups in total. The number of amides is 1. The van der Waals surface area contributed by atoms with Crippen LogP contribution in [0, 0.1) is 15.9 Å². The topological polar surface area (TPSA) is 152 Å². The molecule has 0 atom stereocenters. The molecule has 1 aromatic carbocycles. The molecular formula is C22H21FN6O5. The largest absolute Gasteiger partial charge is 0.465 e. The Balaban J connectivity index is 1.49. The summed E-state index contributed by atoms with van der Waals surface area (Å²) in [6, 6.07) is 6.51. The van der Waals surface area contributed by atoms with Crippen LogP contribution in [0.1, 0.15) is 25.7 Å². The van der Waals surface area contributed by atoms with Crippen LogP contribution in [0.25, 0.3) is 11.3 Å². The van der Waals surface area contributed by atoms with Crippen LogP contribution >= 0.6 is 0 Å². The predicted octanol–water partition coefficient (Wildman–Crippen LogP) is 4.37. The number of nitro groups is 1. The van der Waals surface area contributed by atoms with E-state index in [1.807, 2.05) is 0 Å². The van der Waals surface area contributed by atoms with Crippen molar-refractivity contribution >= 4 is 17.7 Å². The van der Waals surface area contributed by atoms with Crippen molar-refractivity contribution < 1.29 is 24.0 Å². The average Bonchev–Trinajstić information content (AvgIpc) is 2.82. The van der Waals surface area contributed by atoms with E-state index in [1.54, 1.807) is 24.5 Å². The van der Waals surface area contributed by atoms with Crippen molar-refractivity contribution in [3.05, 3.63) is 64.9 Å². The van der Waals surface area contributed by atoms with Gasteiger partial charge in [-0.3, -0.25) is 15.1 Å². The molecule has 0 bridgehead atoms. The molecular weight excluding hydrogens is 447 g/mol. The first-order valence-corrected chi connectivity index (χ1v) is 10.5.